The van der Waals surface area contributed by atoms with Gasteiger partial charge in [-0.2, -0.15) is 0 Å². The van der Waals surface area contributed by atoms with Crippen molar-refractivity contribution in [3.8, 4) is 40.2 Å². The number of aromatic nitrogens is 8. The summed E-state index contributed by atoms with van der Waals surface area (Å²) in [5.41, 5.74) is 15.9. The first-order valence-corrected chi connectivity index (χ1v) is 21.8. The second-order valence-electron chi connectivity index (χ2n) is 16.7. The third-order valence-electron chi connectivity index (χ3n) is 12.8. The number of benzene rings is 8. The van der Waals surface area contributed by atoms with E-state index >= 15 is 0 Å². The maximum Gasteiger partial charge on any atom is 0.269 e. The Balaban J connectivity index is 0.934. The number of hydrogen-bond donors (Lipinski definition) is 0. The van der Waals surface area contributed by atoms with Gasteiger partial charge in [0.1, 0.15) is 11.5 Å². The standard InChI is InChI=1S/C56H40N8O/c1-36-15-13-28-51-53(36)58-56-63(51)50-30-29-41(34-52(50)64(56)55-57-31-32-59(55)54-37(2)16-12-17-38(54)3)65-40-19-14-18-39(33-40)60-35-61(47-25-9-8-24-46(47)60)48-26-10-11-27-49(48)62-44-22-6-4-20-42(44)43-21-5-7-23-45(43)62/h4-34H,1-3H3. The smallest absolute Gasteiger partial charge is 0.269 e. The highest BCUT2D eigenvalue weighted by Gasteiger charge is 2.24. The molecule has 0 fully saturated rings. The summed E-state index contributed by atoms with van der Waals surface area (Å²) >= 11 is 0. The lowest BCUT2D eigenvalue weighted by atomic mass is 10.1. The minimum atomic E-state index is 0.693. The summed E-state index contributed by atoms with van der Waals surface area (Å²) in [6.07, 6.45) is 7.65. The lowest BCUT2D eigenvalue weighted by Gasteiger charge is -2.15. The van der Waals surface area contributed by atoms with Crippen LogP contribution in [0.4, 0.5) is 0 Å². The molecule has 0 atom stereocenters. The third kappa shape index (κ3) is 5.55. The Morgan fingerprint density at radius 1 is 0.538 bits per heavy atom. The van der Waals surface area contributed by atoms with Crippen molar-refractivity contribution >= 4 is 60.7 Å². The Kier molecular flexibility index (Phi) is 8.05. The molecule has 5 aromatic heterocycles. The Labute approximate surface area is 373 Å². The highest BCUT2D eigenvalue weighted by molar-refractivity contribution is 6.09. The second-order valence-corrected chi connectivity index (χ2v) is 16.7. The summed E-state index contributed by atoms with van der Waals surface area (Å²) in [6.45, 7) is 6.39. The topological polar surface area (TPSA) is 63.0 Å². The minimum absolute atomic E-state index is 0.693. The first kappa shape index (κ1) is 36.9. The van der Waals surface area contributed by atoms with E-state index in [2.05, 4.69) is 212 Å². The zero-order valence-corrected chi connectivity index (χ0v) is 35.9. The van der Waals surface area contributed by atoms with Crippen LogP contribution in [0.1, 0.15) is 16.7 Å². The maximum absolute atomic E-state index is 6.80. The van der Waals surface area contributed by atoms with E-state index in [9.17, 15) is 0 Å². The first-order valence-electron chi connectivity index (χ1n) is 21.8. The maximum atomic E-state index is 6.80. The van der Waals surface area contributed by atoms with Crippen molar-refractivity contribution in [2.24, 2.45) is 0 Å². The number of aryl methyl sites for hydroxylation is 3. The molecule has 0 saturated heterocycles. The summed E-state index contributed by atoms with van der Waals surface area (Å²) in [7, 11) is 0. The van der Waals surface area contributed by atoms with Crippen LogP contribution < -0.4 is 9.30 Å². The van der Waals surface area contributed by atoms with Gasteiger partial charge in [0.2, 0.25) is 11.7 Å². The normalized spacial score (nSPS) is 11.9. The summed E-state index contributed by atoms with van der Waals surface area (Å²) in [5.74, 6) is 2.92. The highest BCUT2D eigenvalue weighted by Crippen LogP contribution is 2.37. The Morgan fingerprint density at radius 2 is 1.20 bits per heavy atom. The van der Waals surface area contributed by atoms with Gasteiger partial charge in [0.15, 0.2) is 0 Å². The van der Waals surface area contributed by atoms with Crippen molar-refractivity contribution in [2.45, 2.75) is 20.8 Å². The lowest BCUT2D eigenvalue weighted by molar-refractivity contribution is -0.572. The van der Waals surface area contributed by atoms with Gasteiger partial charge in [0.05, 0.1) is 66.9 Å². The Hall–Kier alpha value is -8.69. The van der Waals surface area contributed by atoms with Crippen molar-refractivity contribution in [1.82, 2.24) is 32.6 Å². The van der Waals surface area contributed by atoms with Crippen molar-refractivity contribution in [1.29, 1.82) is 0 Å². The molecule has 13 aromatic rings. The molecule has 0 saturated carbocycles. The Bertz CT molecular complexity index is 3970. The van der Waals surface area contributed by atoms with Gasteiger partial charge in [0.25, 0.3) is 6.33 Å². The quantitative estimate of drug-likeness (QED) is 0.119. The number of para-hydroxylation sites is 8. The van der Waals surface area contributed by atoms with Crippen LogP contribution >= 0.6 is 0 Å². The van der Waals surface area contributed by atoms with Crippen LogP contribution in [0.5, 0.6) is 11.5 Å². The van der Waals surface area contributed by atoms with Crippen LogP contribution in [0.3, 0.4) is 0 Å². The van der Waals surface area contributed by atoms with Crippen molar-refractivity contribution in [2.75, 3.05) is 0 Å². The van der Waals surface area contributed by atoms with Crippen LogP contribution in [0.2, 0.25) is 0 Å². The molecule has 9 nitrogen and oxygen atoms in total. The molecule has 0 amide bonds. The van der Waals surface area contributed by atoms with Gasteiger partial charge in [-0.3, -0.25) is 18.1 Å². The van der Waals surface area contributed by atoms with Crippen LogP contribution in [0.25, 0.3) is 89.4 Å². The summed E-state index contributed by atoms with van der Waals surface area (Å²) in [4.78, 5) is 10.3. The molecule has 0 aliphatic rings. The predicted octanol–water partition coefficient (Wildman–Crippen LogP) is 12.5. The molecule has 0 aliphatic carbocycles. The summed E-state index contributed by atoms with van der Waals surface area (Å²) < 4.78 is 20.0. The number of rotatable bonds is 7. The van der Waals surface area contributed by atoms with Gasteiger partial charge in [-0.1, -0.05) is 109 Å². The molecule has 0 N–H and O–H groups in total. The fourth-order valence-electron chi connectivity index (χ4n) is 9.95. The molecule has 5 heterocycles. The molecule has 0 aliphatic heterocycles. The molecule has 8 aromatic carbocycles. The van der Waals surface area contributed by atoms with Crippen molar-refractivity contribution < 1.29 is 9.30 Å². The molecule has 0 spiro atoms. The fourth-order valence-corrected chi connectivity index (χ4v) is 9.95. The zero-order valence-electron chi connectivity index (χ0n) is 35.9. The SMILES string of the molecule is Cc1cccc(C)c1-n1ccnc1-n1c2cc(Oc3cccc(-n4[c-][n+](-c5ccccc5-n5c6ccccc6c6ccccc65)c5ccccc54)c3)ccc2n2c3cccc(C)c3nc12. The van der Waals surface area contributed by atoms with Crippen LogP contribution in [0.15, 0.2) is 188 Å². The largest absolute Gasteiger partial charge is 0.458 e. The molecule has 0 radical (unpaired) electrons. The van der Waals surface area contributed by atoms with Gasteiger partial charge in [-0.25, -0.2) is 14.5 Å². The molecular formula is C56H40N8O. The van der Waals surface area contributed by atoms with E-state index in [0.717, 1.165) is 95.3 Å². The fraction of sp³-hybridized carbons (Fsp3) is 0.0536. The highest BCUT2D eigenvalue weighted by atomic mass is 16.5. The van der Waals surface area contributed by atoms with Gasteiger partial charge >= 0.3 is 0 Å². The second kappa shape index (κ2) is 14.2. The third-order valence-corrected chi connectivity index (χ3v) is 12.8. The number of nitrogens with zero attached hydrogens (tertiary/aromatic N) is 8. The average molecular weight is 841 g/mol. The van der Waals surface area contributed by atoms with Gasteiger partial charge in [-0.15, -0.1) is 0 Å². The molecular weight excluding hydrogens is 801 g/mol. The van der Waals surface area contributed by atoms with E-state index in [1.807, 2.05) is 30.6 Å². The summed E-state index contributed by atoms with van der Waals surface area (Å²) in [5, 5.41) is 2.45. The molecule has 13 rings (SSSR count). The monoisotopic (exact) mass is 840 g/mol. The predicted molar refractivity (Wildman–Crippen MR) is 259 cm³/mol. The first-order chi connectivity index (χ1) is 32.0. The number of ether oxygens (including phenoxy) is 1. The molecule has 310 valence electrons. The molecule has 65 heavy (non-hydrogen) atoms. The van der Waals surface area contributed by atoms with E-state index in [0.29, 0.717) is 11.5 Å². The van der Waals surface area contributed by atoms with Crippen molar-refractivity contribution in [3.05, 3.63) is 211 Å². The molecule has 9 heteroatoms. The number of fused-ring (bicyclic) bond motifs is 9. The minimum Gasteiger partial charge on any atom is -0.458 e. The van der Waals surface area contributed by atoms with E-state index < -0.39 is 0 Å². The lowest BCUT2D eigenvalue weighted by Crippen LogP contribution is -2.31. The summed E-state index contributed by atoms with van der Waals surface area (Å²) in [6, 6.07) is 61.5. The molecule has 0 bridgehead atoms. The van der Waals surface area contributed by atoms with E-state index in [-0.39, 0.29) is 0 Å². The van der Waals surface area contributed by atoms with Crippen LogP contribution in [-0.4, -0.2) is 32.6 Å². The van der Waals surface area contributed by atoms with Crippen LogP contribution in [-0.2, 0) is 0 Å². The van der Waals surface area contributed by atoms with E-state index in [4.69, 9.17) is 14.7 Å². The number of imidazole rings is 4. The zero-order chi connectivity index (χ0) is 43.3. The van der Waals surface area contributed by atoms with Gasteiger partial charge in [-0.05, 0) is 98.1 Å². The van der Waals surface area contributed by atoms with Crippen molar-refractivity contribution in [3.63, 3.8) is 0 Å². The Morgan fingerprint density at radius 3 is 2.02 bits per heavy atom. The van der Waals surface area contributed by atoms with E-state index in [1.165, 1.54) is 10.8 Å². The van der Waals surface area contributed by atoms with Crippen LogP contribution in [0, 0.1) is 27.1 Å². The van der Waals surface area contributed by atoms with E-state index in [1.54, 1.807) is 0 Å². The number of hydrogen-bond acceptors (Lipinski definition) is 3. The van der Waals surface area contributed by atoms with Gasteiger partial charge < -0.3 is 9.30 Å². The average Bonchev–Trinajstić information content (AvgIpc) is 4.16. The molecule has 0 unspecified atom stereocenters. The van der Waals surface area contributed by atoms with Gasteiger partial charge in [0, 0.05) is 29.2 Å².